The molecule has 0 aromatic heterocycles. The molecule has 0 spiro atoms. The maximum absolute atomic E-state index is 12.5. The normalized spacial score (nSPS) is 12.6. The third-order valence-electron chi connectivity index (χ3n) is 4.20. The summed E-state index contributed by atoms with van der Waals surface area (Å²) in [5, 5.41) is 0. The minimum Gasteiger partial charge on any atom is -0.289 e. The number of nitrogens with one attached hydrogen (secondary N) is 1. The standard InChI is InChI=1S/C20H15NO3S/c22-20-18-9-5-4-8-16(18)17-11-10-15(12-19(17)20)21-25(23,24)13-14-6-2-1-3-7-14/h1-12,21H,13H2. The van der Waals surface area contributed by atoms with Crippen molar-refractivity contribution in [2.75, 3.05) is 4.72 Å². The van der Waals surface area contributed by atoms with Gasteiger partial charge in [0, 0.05) is 16.8 Å². The van der Waals surface area contributed by atoms with E-state index in [1.54, 1.807) is 48.5 Å². The Morgan fingerprint density at radius 3 is 2.12 bits per heavy atom. The number of hydrogen-bond donors (Lipinski definition) is 1. The quantitative estimate of drug-likeness (QED) is 0.609. The number of benzene rings is 3. The van der Waals surface area contributed by atoms with Gasteiger partial charge in [-0.25, -0.2) is 8.42 Å². The Bertz CT molecular complexity index is 1070. The van der Waals surface area contributed by atoms with Crippen molar-refractivity contribution >= 4 is 21.5 Å². The molecule has 0 amide bonds. The highest BCUT2D eigenvalue weighted by Gasteiger charge is 2.26. The fourth-order valence-electron chi connectivity index (χ4n) is 3.10. The molecule has 0 atom stereocenters. The van der Waals surface area contributed by atoms with Crippen LogP contribution in [0.2, 0.25) is 0 Å². The van der Waals surface area contributed by atoms with Gasteiger partial charge in [0.1, 0.15) is 0 Å². The molecule has 0 aliphatic heterocycles. The van der Waals surface area contributed by atoms with Crippen molar-refractivity contribution in [3.05, 3.63) is 89.5 Å². The van der Waals surface area contributed by atoms with Crippen LogP contribution in [0, 0.1) is 0 Å². The number of carbonyl (C=O) groups excluding carboxylic acids is 1. The molecule has 1 N–H and O–H groups in total. The minimum atomic E-state index is -3.55. The molecular weight excluding hydrogens is 334 g/mol. The number of rotatable bonds is 4. The van der Waals surface area contributed by atoms with Crippen LogP contribution in [0.5, 0.6) is 0 Å². The molecule has 25 heavy (non-hydrogen) atoms. The summed E-state index contributed by atoms with van der Waals surface area (Å²) in [6.07, 6.45) is 0. The van der Waals surface area contributed by atoms with Crippen molar-refractivity contribution in [2.45, 2.75) is 5.75 Å². The fourth-order valence-corrected chi connectivity index (χ4v) is 4.29. The molecule has 0 saturated carbocycles. The van der Waals surface area contributed by atoms with Gasteiger partial charge in [-0.05, 0) is 28.8 Å². The number of sulfonamides is 1. The summed E-state index contributed by atoms with van der Waals surface area (Å²) in [5.74, 6) is -0.186. The Morgan fingerprint density at radius 2 is 1.36 bits per heavy atom. The first-order valence-corrected chi connectivity index (χ1v) is 9.51. The third-order valence-corrected chi connectivity index (χ3v) is 5.46. The lowest BCUT2D eigenvalue weighted by Gasteiger charge is -2.09. The van der Waals surface area contributed by atoms with Gasteiger partial charge in [-0.15, -0.1) is 0 Å². The molecule has 0 saturated heterocycles. The fraction of sp³-hybridized carbons (Fsp3) is 0.0500. The van der Waals surface area contributed by atoms with Gasteiger partial charge in [0.2, 0.25) is 10.0 Å². The summed E-state index contributed by atoms with van der Waals surface area (Å²) in [6.45, 7) is 0. The van der Waals surface area contributed by atoms with E-state index in [0.717, 1.165) is 11.1 Å². The van der Waals surface area contributed by atoms with Gasteiger partial charge in [-0.3, -0.25) is 9.52 Å². The van der Waals surface area contributed by atoms with Crippen LogP contribution in [0.3, 0.4) is 0 Å². The molecular formula is C20H15NO3S. The summed E-state index contributed by atoms with van der Waals surface area (Å²) in [6, 6.07) is 21.5. The van der Waals surface area contributed by atoms with Gasteiger partial charge in [0.05, 0.1) is 5.75 Å². The highest BCUT2D eigenvalue weighted by Crippen LogP contribution is 2.37. The Morgan fingerprint density at radius 1 is 0.720 bits per heavy atom. The third kappa shape index (κ3) is 2.94. The molecule has 5 heteroatoms. The van der Waals surface area contributed by atoms with Crippen LogP contribution in [0.1, 0.15) is 21.5 Å². The zero-order valence-corrected chi connectivity index (χ0v) is 14.1. The summed E-state index contributed by atoms with van der Waals surface area (Å²) < 4.78 is 27.3. The monoisotopic (exact) mass is 349 g/mol. The van der Waals surface area contributed by atoms with Crippen LogP contribution in [0.25, 0.3) is 11.1 Å². The molecule has 0 fully saturated rings. The van der Waals surface area contributed by atoms with E-state index in [1.807, 2.05) is 24.3 Å². The first kappa shape index (κ1) is 15.6. The van der Waals surface area contributed by atoms with Crippen molar-refractivity contribution in [2.24, 2.45) is 0 Å². The van der Waals surface area contributed by atoms with Crippen LogP contribution >= 0.6 is 0 Å². The number of carbonyl (C=O) groups is 1. The molecule has 124 valence electrons. The molecule has 0 radical (unpaired) electrons. The lowest BCUT2D eigenvalue weighted by Crippen LogP contribution is -2.15. The van der Waals surface area contributed by atoms with Gasteiger partial charge in [0.15, 0.2) is 5.78 Å². The Hall–Kier alpha value is -2.92. The van der Waals surface area contributed by atoms with Gasteiger partial charge >= 0.3 is 0 Å². The van der Waals surface area contributed by atoms with Crippen LogP contribution < -0.4 is 4.72 Å². The summed E-state index contributed by atoms with van der Waals surface area (Å²) >= 11 is 0. The van der Waals surface area contributed by atoms with E-state index >= 15 is 0 Å². The molecule has 3 aromatic rings. The second-order valence-electron chi connectivity index (χ2n) is 5.98. The number of hydrogen-bond acceptors (Lipinski definition) is 3. The van der Waals surface area contributed by atoms with Crippen LogP contribution in [-0.2, 0) is 15.8 Å². The molecule has 3 aromatic carbocycles. The van der Waals surface area contributed by atoms with Crippen molar-refractivity contribution < 1.29 is 13.2 Å². The Labute approximate surface area is 146 Å². The van der Waals surface area contributed by atoms with E-state index < -0.39 is 10.0 Å². The van der Waals surface area contributed by atoms with Crippen LogP contribution in [0.4, 0.5) is 5.69 Å². The van der Waals surface area contributed by atoms with Crippen molar-refractivity contribution in [3.8, 4) is 11.1 Å². The zero-order chi connectivity index (χ0) is 17.4. The summed E-state index contributed by atoms with van der Waals surface area (Å²) in [5.41, 5.74) is 4.02. The Kier molecular flexibility index (Phi) is 3.66. The second kappa shape index (κ2) is 5.86. The van der Waals surface area contributed by atoms with Gasteiger partial charge < -0.3 is 0 Å². The van der Waals surface area contributed by atoms with Crippen molar-refractivity contribution in [1.29, 1.82) is 0 Å². The number of ketones is 1. The molecule has 4 nitrogen and oxygen atoms in total. The highest BCUT2D eigenvalue weighted by atomic mass is 32.2. The van der Waals surface area contributed by atoms with E-state index in [9.17, 15) is 13.2 Å². The van der Waals surface area contributed by atoms with Crippen LogP contribution in [0.15, 0.2) is 72.8 Å². The smallest absolute Gasteiger partial charge is 0.236 e. The molecule has 0 heterocycles. The van der Waals surface area contributed by atoms with Crippen molar-refractivity contribution in [3.63, 3.8) is 0 Å². The maximum Gasteiger partial charge on any atom is 0.236 e. The predicted octanol–water partition coefficient (Wildman–Crippen LogP) is 3.84. The first-order chi connectivity index (χ1) is 12.0. The summed E-state index contributed by atoms with van der Waals surface area (Å²) in [7, 11) is -3.55. The second-order valence-corrected chi connectivity index (χ2v) is 7.70. The predicted molar refractivity (Wildman–Crippen MR) is 98.0 cm³/mol. The maximum atomic E-state index is 12.5. The first-order valence-electron chi connectivity index (χ1n) is 7.86. The van der Waals surface area contributed by atoms with Crippen LogP contribution in [-0.4, -0.2) is 14.2 Å². The molecule has 0 unspecified atom stereocenters. The highest BCUT2D eigenvalue weighted by molar-refractivity contribution is 7.91. The largest absolute Gasteiger partial charge is 0.289 e. The van der Waals surface area contributed by atoms with E-state index in [2.05, 4.69) is 4.72 Å². The van der Waals surface area contributed by atoms with E-state index in [1.165, 1.54) is 0 Å². The topological polar surface area (TPSA) is 63.2 Å². The lowest BCUT2D eigenvalue weighted by molar-refractivity contribution is 0.104. The molecule has 1 aliphatic carbocycles. The minimum absolute atomic E-state index is 0.0743. The average Bonchev–Trinajstić information content (AvgIpc) is 2.88. The molecule has 1 aliphatic rings. The van der Waals surface area contributed by atoms with E-state index in [0.29, 0.717) is 22.4 Å². The van der Waals surface area contributed by atoms with E-state index in [-0.39, 0.29) is 11.5 Å². The lowest BCUT2D eigenvalue weighted by atomic mass is 10.1. The number of fused-ring (bicyclic) bond motifs is 3. The Balaban J connectivity index is 1.63. The molecule has 0 bridgehead atoms. The molecule has 4 rings (SSSR count). The summed E-state index contributed by atoms with van der Waals surface area (Å²) in [4.78, 5) is 12.5. The number of anilines is 1. The zero-order valence-electron chi connectivity index (χ0n) is 13.3. The van der Waals surface area contributed by atoms with Crippen molar-refractivity contribution in [1.82, 2.24) is 0 Å². The average molecular weight is 349 g/mol. The van der Waals surface area contributed by atoms with Gasteiger partial charge in [0.25, 0.3) is 0 Å². The SMILES string of the molecule is O=C1c2ccccc2-c2ccc(NS(=O)(=O)Cc3ccccc3)cc21. The van der Waals surface area contributed by atoms with Gasteiger partial charge in [-0.2, -0.15) is 0 Å². The van der Waals surface area contributed by atoms with E-state index in [4.69, 9.17) is 0 Å². The van der Waals surface area contributed by atoms with Gasteiger partial charge in [-0.1, -0.05) is 60.7 Å².